The molecule has 3 aromatic rings. The molecule has 1 saturated heterocycles. The summed E-state index contributed by atoms with van der Waals surface area (Å²) in [5.41, 5.74) is 1.53. The minimum absolute atomic E-state index is 0.0872. The average Bonchev–Trinajstić information content (AvgIpc) is 3.38. The van der Waals surface area contributed by atoms with Crippen LogP contribution in [0.2, 0.25) is 0 Å². The topological polar surface area (TPSA) is 67.3 Å². The normalized spacial score (nSPS) is 16.2. The molecule has 1 fully saturated rings. The van der Waals surface area contributed by atoms with Crippen molar-refractivity contribution in [3.63, 3.8) is 0 Å². The number of hydrogen-bond donors (Lipinski definition) is 1. The molecule has 1 N–H and O–H groups in total. The molecule has 0 radical (unpaired) electrons. The van der Waals surface area contributed by atoms with E-state index in [0.717, 1.165) is 48.8 Å². The van der Waals surface area contributed by atoms with Crippen LogP contribution >= 0.6 is 11.3 Å². The van der Waals surface area contributed by atoms with Gasteiger partial charge in [-0.25, -0.2) is 4.98 Å². The van der Waals surface area contributed by atoms with E-state index in [1.807, 2.05) is 35.7 Å². The lowest BCUT2D eigenvalue weighted by Crippen LogP contribution is -2.41. The maximum atomic E-state index is 12.8. The number of nitrogens with zero attached hydrogens (tertiary/aromatic N) is 3. The highest BCUT2D eigenvalue weighted by atomic mass is 32.1. The van der Waals surface area contributed by atoms with Crippen molar-refractivity contribution in [3.8, 4) is 5.75 Å². The molecule has 0 saturated carbocycles. The Labute approximate surface area is 193 Å². The first kappa shape index (κ1) is 22.2. The number of pyridine rings is 1. The van der Waals surface area contributed by atoms with Gasteiger partial charge in [-0.1, -0.05) is 36.4 Å². The Morgan fingerprint density at radius 1 is 1.19 bits per heavy atom. The number of ether oxygens (including phenoxy) is 1. The van der Waals surface area contributed by atoms with E-state index in [9.17, 15) is 4.79 Å². The fourth-order valence-corrected chi connectivity index (χ4v) is 4.86. The van der Waals surface area contributed by atoms with E-state index in [-0.39, 0.29) is 11.9 Å². The van der Waals surface area contributed by atoms with Gasteiger partial charge in [-0.2, -0.15) is 0 Å². The van der Waals surface area contributed by atoms with Gasteiger partial charge in [0.25, 0.3) is 5.91 Å². The molecule has 0 bridgehead atoms. The molecular weight excluding hydrogens is 420 g/mol. The number of thiazole rings is 1. The number of carbonyl (C=O) groups excluding carboxylic acids is 1. The lowest BCUT2D eigenvalue weighted by molar-refractivity contribution is 0.0892. The fraction of sp³-hybridized carbons (Fsp3) is 0.320. The second-order valence-corrected chi connectivity index (χ2v) is 8.74. The molecule has 32 heavy (non-hydrogen) atoms. The second kappa shape index (κ2) is 11.0. The first-order valence-electron chi connectivity index (χ1n) is 10.9. The van der Waals surface area contributed by atoms with E-state index >= 15 is 0 Å². The Balaban J connectivity index is 1.35. The van der Waals surface area contributed by atoms with E-state index in [4.69, 9.17) is 4.74 Å². The molecule has 0 spiro atoms. The molecule has 0 aliphatic carbocycles. The van der Waals surface area contributed by atoms with Gasteiger partial charge < -0.3 is 10.1 Å². The second-order valence-electron chi connectivity index (χ2n) is 7.82. The lowest BCUT2D eigenvalue weighted by atomic mass is 9.89. The number of benzene rings is 1. The number of methoxy groups -OCH3 is 1. The van der Waals surface area contributed by atoms with Crippen molar-refractivity contribution in [2.75, 3.05) is 26.7 Å². The van der Waals surface area contributed by atoms with Crippen LogP contribution in [0.1, 0.15) is 39.9 Å². The first-order valence-corrected chi connectivity index (χ1v) is 11.8. The van der Waals surface area contributed by atoms with E-state index < -0.39 is 0 Å². The van der Waals surface area contributed by atoms with Gasteiger partial charge >= 0.3 is 0 Å². The number of hydrogen-bond acceptors (Lipinski definition) is 6. The van der Waals surface area contributed by atoms with Gasteiger partial charge in [0.15, 0.2) is 0 Å². The summed E-state index contributed by atoms with van der Waals surface area (Å²) in [4.78, 5) is 23.9. The summed E-state index contributed by atoms with van der Waals surface area (Å²) in [5, 5.41) is 6.12. The van der Waals surface area contributed by atoms with Gasteiger partial charge in [0, 0.05) is 29.9 Å². The Morgan fingerprint density at radius 3 is 2.72 bits per heavy atom. The van der Waals surface area contributed by atoms with Gasteiger partial charge in [-0.15, -0.1) is 11.3 Å². The van der Waals surface area contributed by atoms with E-state index in [2.05, 4.69) is 38.4 Å². The average molecular weight is 449 g/mol. The highest BCUT2D eigenvalue weighted by Crippen LogP contribution is 2.32. The number of piperidine rings is 1. The first-order chi connectivity index (χ1) is 15.7. The number of nitrogens with one attached hydrogen (secondary N) is 1. The summed E-state index contributed by atoms with van der Waals surface area (Å²) < 4.78 is 5.42. The van der Waals surface area contributed by atoms with E-state index in [1.165, 1.54) is 0 Å². The molecule has 6 nitrogen and oxygen atoms in total. The Hall–Kier alpha value is -3.03. The molecule has 1 atom stereocenters. The van der Waals surface area contributed by atoms with Crippen LogP contribution in [0.4, 0.5) is 0 Å². The van der Waals surface area contributed by atoms with Gasteiger partial charge in [-0.05, 0) is 50.0 Å². The smallest absolute Gasteiger partial charge is 0.270 e. The van der Waals surface area contributed by atoms with Gasteiger partial charge in [0.1, 0.15) is 16.5 Å². The predicted molar refractivity (Wildman–Crippen MR) is 128 cm³/mol. The van der Waals surface area contributed by atoms with Crippen molar-refractivity contribution in [3.05, 3.63) is 82.6 Å². The van der Waals surface area contributed by atoms with Crippen molar-refractivity contribution in [2.45, 2.75) is 18.9 Å². The Bertz CT molecular complexity index is 1020. The summed E-state index contributed by atoms with van der Waals surface area (Å²) in [6.07, 6.45) is 9.78. The van der Waals surface area contributed by atoms with Gasteiger partial charge in [0.2, 0.25) is 0 Å². The lowest BCUT2D eigenvalue weighted by Gasteiger charge is -2.35. The molecule has 1 amide bonds. The maximum Gasteiger partial charge on any atom is 0.270 e. The zero-order chi connectivity index (χ0) is 22.2. The minimum atomic E-state index is -0.145. The van der Waals surface area contributed by atoms with Crippen molar-refractivity contribution in [1.82, 2.24) is 20.2 Å². The summed E-state index contributed by atoms with van der Waals surface area (Å²) in [6.45, 7) is 2.87. The van der Waals surface area contributed by atoms with E-state index in [0.29, 0.717) is 11.6 Å². The fourth-order valence-electron chi connectivity index (χ4n) is 4.08. The molecule has 1 aromatic carbocycles. The van der Waals surface area contributed by atoms with Crippen molar-refractivity contribution in [1.29, 1.82) is 0 Å². The van der Waals surface area contributed by atoms with Gasteiger partial charge in [0.05, 0.1) is 13.2 Å². The monoisotopic (exact) mass is 448 g/mol. The minimum Gasteiger partial charge on any atom is -0.496 e. The van der Waals surface area contributed by atoms with Crippen LogP contribution < -0.4 is 10.1 Å². The van der Waals surface area contributed by atoms with Crippen LogP contribution in [-0.2, 0) is 0 Å². The summed E-state index contributed by atoms with van der Waals surface area (Å²) in [5.74, 6) is 1.09. The SMILES string of the molecule is COc1ccccc1/C=C/CN1CCC([C@H](NC(=O)c2ccccn2)c2nccs2)CC1. The molecule has 0 unspecified atom stereocenters. The quantitative estimate of drug-likeness (QED) is 0.552. The molecule has 2 aromatic heterocycles. The largest absolute Gasteiger partial charge is 0.496 e. The molecular formula is C25H28N4O2S. The third-order valence-corrected chi connectivity index (χ3v) is 6.66. The Kier molecular flexibility index (Phi) is 7.64. The zero-order valence-electron chi connectivity index (χ0n) is 18.2. The van der Waals surface area contributed by atoms with Gasteiger partial charge in [-0.3, -0.25) is 14.7 Å². The molecule has 1 aliphatic heterocycles. The predicted octanol–water partition coefficient (Wildman–Crippen LogP) is 4.44. The van der Waals surface area contributed by atoms with Crippen LogP contribution in [0.15, 0.2) is 66.3 Å². The standard InChI is InChI=1S/C25H28N4O2S/c1-31-22-10-3-2-7-19(22)8-6-15-29-16-11-20(12-17-29)23(25-27-14-18-32-25)28-24(30)21-9-4-5-13-26-21/h2-10,13-14,18,20,23H,11-12,15-17H2,1H3,(H,28,30)/b8-6+/t23-/m0/s1. The molecule has 3 heterocycles. The maximum absolute atomic E-state index is 12.8. The van der Waals surface area contributed by atoms with Crippen molar-refractivity contribution < 1.29 is 9.53 Å². The molecule has 166 valence electrons. The van der Waals surface area contributed by atoms with Crippen LogP contribution in [-0.4, -0.2) is 47.5 Å². The number of para-hydroxylation sites is 1. The third kappa shape index (κ3) is 5.60. The number of amides is 1. The van der Waals surface area contributed by atoms with E-state index in [1.54, 1.807) is 36.9 Å². The number of likely N-dealkylation sites (tertiary alicyclic amines) is 1. The third-order valence-electron chi connectivity index (χ3n) is 5.81. The number of rotatable bonds is 8. The van der Waals surface area contributed by atoms with Crippen molar-refractivity contribution >= 4 is 23.3 Å². The van der Waals surface area contributed by atoms with Crippen LogP contribution in [0.5, 0.6) is 5.75 Å². The summed E-state index contributed by atoms with van der Waals surface area (Å²) >= 11 is 1.59. The molecule has 1 aliphatic rings. The summed E-state index contributed by atoms with van der Waals surface area (Å²) in [7, 11) is 1.70. The highest BCUT2D eigenvalue weighted by Gasteiger charge is 2.30. The zero-order valence-corrected chi connectivity index (χ0v) is 19.0. The van der Waals surface area contributed by atoms with Crippen LogP contribution in [0, 0.1) is 5.92 Å². The highest BCUT2D eigenvalue weighted by molar-refractivity contribution is 7.09. The summed E-state index contributed by atoms with van der Waals surface area (Å²) in [6, 6.07) is 13.3. The number of aromatic nitrogens is 2. The van der Waals surface area contributed by atoms with Crippen LogP contribution in [0.3, 0.4) is 0 Å². The molecule has 4 rings (SSSR count). The molecule has 7 heteroatoms. The number of carbonyl (C=O) groups is 1. The Morgan fingerprint density at radius 2 is 2.00 bits per heavy atom. The van der Waals surface area contributed by atoms with Crippen molar-refractivity contribution in [2.24, 2.45) is 5.92 Å². The van der Waals surface area contributed by atoms with Crippen LogP contribution in [0.25, 0.3) is 6.08 Å².